The van der Waals surface area contributed by atoms with Gasteiger partial charge in [0.25, 0.3) is 0 Å². The first-order valence-corrected chi connectivity index (χ1v) is 7.07. The Balaban J connectivity index is 2.12. The highest BCUT2D eigenvalue weighted by Crippen LogP contribution is 2.37. The number of carbonyl (C=O) groups is 1. The van der Waals surface area contributed by atoms with Crippen LogP contribution in [-0.4, -0.2) is 24.4 Å². The van der Waals surface area contributed by atoms with Crippen LogP contribution >= 0.6 is 0 Å². The van der Waals surface area contributed by atoms with Gasteiger partial charge in [-0.3, -0.25) is 4.79 Å². The lowest BCUT2D eigenvalue weighted by Gasteiger charge is -2.39. The molecule has 0 radical (unpaired) electrons. The van der Waals surface area contributed by atoms with Gasteiger partial charge < -0.3 is 4.90 Å². The molecule has 0 aromatic carbocycles. The molecule has 0 spiro atoms. The molecule has 19 heavy (non-hydrogen) atoms. The van der Waals surface area contributed by atoms with Crippen molar-refractivity contribution in [3.63, 3.8) is 0 Å². The van der Waals surface area contributed by atoms with Gasteiger partial charge in [0.1, 0.15) is 5.82 Å². The molecule has 3 nitrogen and oxygen atoms in total. The van der Waals surface area contributed by atoms with E-state index in [2.05, 4.69) is 30.8 Å². The van der Waals surface area contributed by atoms with Crippen molar-refractivity contribution < 1.29 is 4.79 Å². The zero-order chi connectivity index (χ0) is 14.0. The molecule has 1 heterocycles. The van der Waals surface area contributed by atoms with Crippen LogP contribution < -0.4 is 4.90 Å². The summed E-state index contributed by atoms with van der Waals surface area (Å²) in [7, 11) is 2.12. The van der Waals surface area contributed by atoms with E-state index in [0.29, 0.717) is 17.0 Å². The molecule has 0 aliphatic heterocycles. The van der Waals surface area contributed by atoms with Gasteiger partial charge in [0, 0.05) is 24.8 Å². The van der Waals surface area contributed by atoms with Crippen LogP contribution in [0.2, 0.25) is 0 Å². The average molecular weight is 260 g/mol. The van der Waals surface area contributed by atoms with E-state index >= 15 is 0 Å². The monoisotopic (exact) mass is 260 g/mol. The molecule has 1 fully saturated rings. The Kier molecular flexibility index (Phi) is 3.93. The maximum atomic E-state index is 10.8. The summed E-state index contributed by atoms with van der Waals surface area (Å²) in [6.07, 6.45) is 7.51. The molecular weight excluding hydrogens is 236 g/mol. The van der Waals surface area contributed by atoms with Gasteiger partial charge in [0.15, 0.2) is 6.29 Å². The average Bonchev–Trinajstić information content (AvgIpc) is 2.37. The first kappa shape index (κ1) is 14.0. The SMILES string of the molecule is Cc1cc(C=O)cnc1N(C)C1CCC(C)(C)CC1. The first-order chi connectivity index (χ1) is 8.93. The number of nitrogens with zero attached hydrogens (tertiary/aromatic N) is 2. The van der Waals surface area contributed by atoms with E-state index in [-0.39, 0.29) is 0 Å². The maximum absolute atomic E-state index is 10.8. The van der Waals surface area contributed by atoms with E-state index in [1.165, 1.54) is 25.7 Å². The van der Waals surface area contributed by atoms with Crippen LogP contribution in [0.4, 0.5) is 5.82 Å². The van der Waals surface area contributed by atoms with E-state index in [0.717, 1.165) is 17.7 Å². The number of hydrogen-bond donors (Lipinski definition) is 0. The largest absolute Gasteiger partial charge is 0.356 e. The van der Waals surface area contributed by atoms with Crippen molar-refractivity contribution in [2.24, 2.45) is 5.41 Å². The second-order valence-electron chi connectivity index (χ2n) is 6.53. The van der Waals surface area contributed by atoms with E-state index in [1.54, 1.807) is 6.20 Å². The lowest BCUT2D eigenvalue weighted by atomic mass is 9.75. The zero-order valence-electron chi connectivity index (χ0n) is 12.4. The fourth-order valence-electron chi connectivity index (χ4n) is 2.97. The highest BCUT2D eigenvalue weighted by atomic mass is 16.1. The minimum Gasteiger partial charge on any atom is -0.356 e. The first-order valence-electron chi connectivity index (χ1n) is 7.07. The standard InChI is InChI=1S/C16H24N2O/c1-12-9-13(11-19)10-17-15(12)18(4)14-5-7-16(2,3)8-6-14/h9-11,14H,5-8H2,1-4H3. The van der Waals surface area contributed by atoms with Crippen LogP contribution in [0.5, 0.6) is 0 Å². The molecule has 3 heteroatoms. The van der Waals surface area contributed by atoms with Gasteiger partial charge in [-0.05, 0) is 49.7 Å². The quantitative estimate of drug-likeness (QED) is 0.778. The van der Waals surface area contributed by atoms with Crippen molar-refractivity contribution in [3.8, 4) is 0 Å². The molecule has 0 amide bonds. The van der Waals surface area contributed by atoms with Crippen LogP contribution in [0, 0.1) is 12.3 Å². The predicted octanol–water partition coefficient (Wildman–Crippen LogP) is 3.61. The number of aryl methyl sites for hydroxylation is 1. The molecule has 2 rings (SSSR count). The van der Waals surface area contributed by atoms with Crippen LogP contribution in [0.15, 0.2) is 12.3 Å². The van der Waals surface area contributed by atoms with Gasteiger partial charge in [-0.1, -0.05) is 13.8 Å². The lowest BCUT2D eigenvalue weighted by Crippen LogP contribution is -2.38. The molecule has 1 aromatic rings. The molecule has 1 aromatic heterocycles. The molecule has 1 aliphatic rings. The van der Waals surface area contributed by atoms with Crippen molar-refractivity contribution in [1.82, 2.24) is 4.98 Å². The number of aldehydes is 1. The number of rotatable bonds is 3. The summed E-state index contributed by atoms with van der Waals surface area (Å²) in [6.45, 7) is 6.73. The van der Waals surface area contributed by atoms with Crippen LogP contribution in [0.25, 0.3) is 0 Å². The van der Waals surface area contributed by atoms with Gasteiger partial charge in [-0.15, -0.1) is 0 Å². The van der Waals surface area contributed by atoms with Gasteiger partial charge in [-0.25, -0.2) is 4.98 Å². The molecule has 1 aliphatic carbocycles. The Hall–Kier alpha value is -1.38. The number of anilines is 1. The summed E-state index contributed by atoms with van der Waals surface area (Å²) < 4.78 is 0. The summed E-state index contributed by atoms with van der Waals surface area (Å²) in [5.41, 5.74) is 2.22. The Morgan fingerprint density at radius 2 is 2.00 bits per heavy atom. The number of hydrogen-bond acceptors (Lipinski definition) is 3. The summed E-state index contributed by atoms with van der Waals surface area (Å²) in [6, 6.07) is 2.49. The molecule has 0 saturated heterocycles. The highest BCUT2D eigenvalue weighted by Gasteiger charge is 2.29. The smallest absolute Gasteiger partial charge is 0.151 e. The van der Waals surface area contributed by atoms with Gasteiger partial charge in [-0.2, -0.15) is 0 Å². The van der Waals surface area contributed by atoms with Crippen molar-refractivity contribution >= 4 is 12.1 Å². The minimum absolute atomic E-state index is 0.487. The third-order valence-electron chi connectivity index (χ3n) is 4.40. The van der Waals surface area contributed by atoms with E-state index < -0.39 is 0 Å². The summed E-state index contributed by atoms with van der Waals surface area (Å²) >= 11 is 0. The Bertz CT molecular complexity index is 458. The summed E-state index contributed by atoms with van der Waals surface area (Å²) in [5, 5.41) is 0. The third-order valence-corrected chi connectivity index (χ3v) is 4.40. The summed E-state index contributed by atoms with van der Waals surface area (Å²) in [5.74, 6) is 1.01. The van der Waals surface area contributed by atoms with Crippen LogP contribution in [-0.2, 0) is 0 Å². The highest BCUT2D eigenvalue weighted by molar-refractivity contribution is 5.75. The van der Waals surface area contributed by atoms with Crippen LogP contribution in [0.1, 0.15) is 55.5 Å². The Morgan fingerprint density at radius 1 is 1.37 bits per heavy atom. The van der Waals surface area contributed by atoms with Gasteiger partial charge >= 0.3 is 0 Å². The van der Waals surface area contributed by atoms with Crippen molar-refractivity contribution in [2.45, 2.75) is 52.5 Å². The Morgan fingerprint density at radius 3 is 2.53 bits per heavy atom. The Labute approximate surface area is 116 Å². The minimum atomic E-state index is 0.487. The number of carbonyl (C=O) groups excluding carboxylic acids is 1. The fraction of sp³-hybridized carbons (Fsp3) is 0.625. The lowest BCUT2D eigenvalue weighted by molar-refractivity contribution is 0.112. The number of pyridine rings is 1. The van der Waals surface area contributed by atoms with Gasteiger partial charge in [0.2, 0.25) is 0 Å². The van der Waals surface area contributed by atoms with Gasteiger partial charge in [0.05, 0.1) is 0 Å². The molecule has 104 valence electrons. The molecule has 0 unspecified atom stereocenters. The normalized spacial score (nSPS) is 19.2. The predicted molar refractivity (Wildman–Crippen MR) is 78.8 cm³/mol. The molecule has 0 bridgehead atoms. The third kappa shape index (κ3) is 3.14. The molecule has 0 atom stereocenters. The molecular formula is C16H24N2O. The fourth-order valence-corrected chi connectivity index (χ4v) is 2.97. The van der Waals surface area contributed by atoms with Crippen LogP contribution in [0.3, 0.4) is 0 Å². The second-order valence-corrected chi connectivity index (χ2v) is 6.53. The maximum Gasteiger partial charge on any atom is 0.151 e. The van der Waals surface area contributed by atoms with Crippen molar-refractivity contribution in [1.29, 1.82) is 0 Å². The van der Waals surface area contributed by atoms with Crippen molar-refractivity contribution in [2.75, 3.05) is 11.9 Å². The van der Waals surface area contributed by atoms with E-state index in [4.69, 9.17) is 0 Å². The van der Waals surface area contributed by atoms with E-state index in [9.17, 15) is 4.79 Å². The molecule has 0 N–H and O–H groups in total. The van der Waals surface area contributed by atoms with Crippen molar-refractivity contribution in [3.05, 3.63) is 23.4 Å². The molecule has 1 saturated carbocycles. The second kappa shape index (κ2) is 5.32. The topological polar surface area (TPSA) is 33.2 Å². The zero-order valence-corrected chi connectivity index (χ0v) is 12.4. The summed E-state index contributed by atoms with van der Waals surface area (Å²) in [4.78, 5) is 17.5. The van der Waals surface area contributed by atoms with E-state index in [1.807, 2.05) is 13.0 Å². The number of aromatic nitrogens is 1.